The molecule has 1 aliphatic rings. The quantitative estimate of drug-likeness (QED) is 0.0954. The monoisotopic (exact) mass is 857 g/mol. The van der Waals surface area contributed by atoms with Crippen LogP contribution in [0.15, 0.2) is 66.0 Å². The number of Topliss-reactive ketones (excluding diaryl/α,β-unsaturated/α-hetero) is 1. The average molecular weight is 858 g/mol. The smallest absolute Gasteiger partial charge is 0.274 e. The van der Waals surface area contributed by atoms with Crippen molar-refractivity contribution >= 4 is 44.6 Å². The van der Waals surface area contributed by atoms with Gasteiger partial charge in [0.25, 0.3) is 11.1 Å². The number of thiazole rings is 2. The Bertz CT molecular complexity index is 2180. The summed E-state index contributed by atoms with van der Waals surface area (Å²) in [6, 6.07) is 19.1. The summed E-state index contributed by atoms with van der Waals surface area (Å²) in [6.07, 6.45) is 2.15. The molecule has 13 heteroatoms. The van der Waals surface area contributed by atoms with Gasteiger partial charge in [0.1, 0.15) is 28.4 Å². The van der Waals surface area contributed by atoms with Crippen molar-refractivity contribution in [3.05, 3.63) is 105 Å². The second kappa shape index (κ2) is 21.0. The molecule has 0 radical (unpaired) electrons. The maximum atomic E-state index is 15.5. The molecule has 10 nitrogen and oxygen atoms in total. The zero-order valence-electron chi connectivity index (χ0n) is 36.2. The van der Waals surface area contributed by atoms with Crippen LogP contribution in [0, 0.1) is 5.82 Å². The molecule has 0 bridgehead atoms. The van der Waals surface area contributed by atoms with Gasteiger partial charge >= 0.3 is 0 Å². The molecule has 0 N–H and O–H groups in total. The van der Waals surface area contributed by atoms with Crippen LogP contribution in [-0.4, -0.2) is 101 Å². The molecule has 1 amide bonds. The number of carbonyl (C=O) groups excluding carboxylic acids is 2. The molecule has 0 atom stereocenters. The minimum Gasteiger partial charge on any atom is -0.486 e. The highest BCUT2D eigenvalue weighted by Crippen LogP contribution is 2.38. The molecule has 0 spiro atoms. The van der Waals surface area contributed by atoms with Crippen LogP contribution >= 0.6 is 22.7 Å². The predicted molar refractivity (Wildman–Crippen MR) is 239 cm³/mol. The van der Waals surface area contributed by atoms with E-state index in [4.69, 9.17) is 19.2 Å². The Kier molecular flexibility index (Phi) is 15.8. The molecule has 322 valence electrons. The Labute approximate surface area is 362 Å². The molecular weight excluding hydrogens is 798 g/mol. The lowest BCUT2D eigenvalue weighted by molar-refractivity contribution is 0.0616. The van der Waals surface area contributed by atoms with E-state index in [1.807, 2.05) is 99.5 Å². The number of ether oxygens (including phenoxy) is 3. The third-order valence-electron chi connectivity index (χ3n) is 10.1. The van der Waals surface area contributed by atoms with Gasteiger partial charge in [0.15, 0.2) is 5.78 Å². The fourth-order valence-electron chi connectivity index (χ4n) is 7.15. The van der Waals surface area contributed by atoms with Gasteiger partial charge in [-0.3, -0.25) is 19.4 Å². The Morgan fingerprint density at radius 3 is 2.43 bits per heavy atom. The van der Waals surface area contributed by atoms with Crippen LogP contribution in [0.25, 0.3) is 10.2 Å². The highest BCUT2D eigenvalue weighted by atomic mass is 32.1. The van der Waals surface area contributed by atoms with Crippen LogP contribution in [-0.2, 0) is 24.2 Å². The summed E-state index contributed by atoms with van der Waals surface area (Å²) in [7, 11) is 0. The second-order valence-corrected chi connectivity index (χ2v) is 18.9. The van der Waals surface area contributed by atoms with Gasteiger partial charge in [-0.2, -0.15) is 4.98 Å². The van der Waals surface area contributed by atoms with Crippen molar-refractivity contribution < 1.29 is 28.2 Å². The van der Waals surface area contributed by atoms with Crippen molar-refractivity contribution in [2.75, 3.05) is 52.5 Å². The lowest BCUT2D eigenvalue weighted by Crippen LogP contribution is -2.35. The summed E-state index contributed by atoms with van der Waals surface area (Å²) < 4.78 is 34.5. The highest BCUT2D eigenvalue weighted by molar-refractivity contribution is 7.20. The first-order chi connectivity index (χ1) is 28.7. The van der Waals surface area contributed by atoms with Gasteiger partial charge in [-0.1, -0.05) is 67.6 Å². The van der Waals surface area contributed by atoms with Gasteiger partial charge in [0, 0.05) is 56.1 Å². The van der Waals surface area contributed by atoms with Crippen LogP contribution < -0.4 is 9.47 Å². The molecule has 60 heavy (non-hydrogen) atoms. The summed E-state index contributed by atoms with van der Waals surface area (Å²) in [4.78, 5) is 43.2. The van der Waals surface area contributed by atoms with E-state index in [0.29, 0.717) is 85.6 Å². The van der Waals surface area contributed by atoms with E-state index in [2.05, 4.69) is 28.6 Å². The topological polar surface area (TPSA) is 97.3 Å². The number of amides is 1. The molecule has 2 aromatic heterocycles. The van der Waals surface area contributed by atoms with Crippen molar-refractivity contribution in [2.45, 2.75) is 98.4 Å². The number of carbonyl (C=O) groups is 2. The zero-order chi connectivity index (χ0) is 42.8. The molecule has 1 aliphatic heterocycles. The lowest BCUT2D eigenvalue weighted by atomic mass is 10.0. The number of ketones is 1. The molecule has 0 saturated carbocycles. The molecular formula is C47H60FN5O5S2. The van der Waals surface area contributed by atoms with E-state index < -0.39 is 5.60 Å². The van der Waals surface area contributed by atoms with Crippen molar-refractivity contribution in [1.82, 2.24) is 24.7 Å². The number of benzene rings is 3. The molecule has 3 aromatic carbocycles. The molecule has 0 aliphatic carbocycles. The highest BCUT2D eigenvalue weighted by Gasteiger charge is 2.24. The SMILES string of the molecule is CC(C)Oc1nc2c(OC(C)(C)C)ccc(C(=O)CN(CCc3cc(CN4CCCCN(C(=O)c5csc(C(C)C)n5)CCOCC4)ccc3F)Cc3ccccc3)c2s1. The van der Waals surface area contributed by atoms with Crippen molar-refractivity contribution in [3.8, 4) is 10.9 Å². The molecule has 0 unspecified atom stereocenters. The Morgan fingerprint density at radius 1 is 0.933 bits per heavy atom. The van der Waals surface area contributed by atoms with Crippen LogP contribution in [0.4, 0.5) is 4.39 Å². The molecule has 3 heterocycles. The first kappa shape index (κ1) is 45.3. The van der Waals surface area contributed by atoms with E-state index in [0.717, 1.165) is 46.8 Å². The summed E-state index contributed by atoms with van der Waals surface area (Å²) >= 11 is 2.89. The average Bonchev–Trinajstić information content (AvgIpc) is 3.85. The van der Waals surface area contributed by atoms with E-state index in [1.54, 1.807) is 6.07 Å². The van der Waals surface area contributed by atoms with Crippen LogP contribution in [0.3, 0.4) is 0 Å². The number of aromatic nitrogens is 2. The Hall–Kier alpha value is -4.27. The molecule has 1 saturated heterocycles. The van der Waals surface area contributed by atoms with E-state index in [-0.39, 0.29) is 36.1 Å². The Morgan fingerprint density at radius 2 is 1.70 bits per heavy atom. The van der Waals surface area contributed by atoms with E-state index in [1.165, 1.54) is 22.7 Å². The first-order valence-electron chi connectivity index (χ1n) is 21.1. The third kappa shape index (κ3) is 12.9. The number of hydrogen-bond acceptors (Lipinski definition) is 11. The Balaban J connectivity index is 1.12. The molecule has 6 rings (SSSR count). The number of hydrogen-bond donors (Lipinski definition) is 0. The van der Waals surface area contributed by atoms with Gasteiger partial charge < -0.3 is 19.1 Å². The molecule has 1 fully saturated rings. The van der Waals surface area contributed by atoms with Crippen molar-refractivity contribution in [3.63, 3.8) is 0 Å². The third-order valence-corrected chi connectivity index (χ3v) is 12.2. The van der Waals surface area contributed by atoms with E-state index in [9.17, 15) is 9.59 Å². The summed E-state index contributed by atoms with van der Waals surface area (Å²) in [6.45, 7) is 19.6. The zero-order valence-corrected chi connectivity index (χ0v) is 37.8. The lowest BCUT2D eigenvalue weighted by Gasteiger charge is -2.24. The molecule has 5 aromatic rings. The minimum absolute atomic E-state index is 0.0355. The number of nitrogens with zero attached hydrogens (tertiary/aromatic N) is 5. The predicted octanol–water partition coefficient (Wildman–Crippen LogP) is 9.66. The summed E-state index contributed by atoms with van der Waals surface area (Å²) in [5, 5.41) is 3.33. The summed E-state index contributed by atoms with van der Waals surface area (Å²) in [5.41, 5.74) is 3.95. The van der Waals surface area contributed by atoms with Crippen molar-refractivity contribution in [1.29, 1.82) is 0 Å². The largest absolute Gasteiger partial charge is 0.486 e. The number of fused-ring (bicyclic) bond motifs is 1. The first-order valence-corrected chi connectivity index (χ1v) is 22.8. The second-order valence-electron chi connectivity index (χ2n) is 17.1. The fraction of sp³-hybridized carbons (Fsp3) is 0.489. The van der Waals surface area contributed by atoms with Crippen LogP contribution in [0.2, 0.25) is 0 Å². The van der Waals surface area contributed by atoms with Crippen LogP contribution in [0.1, 0.15) is 110 Å². The number of rotatable bonds is 15. The van der Waals surface area contributed by atoms with Gasteiger partial charge in [0.2, 0.25) is 0 Å². The van der Waals surface area contributed by atoms with Gasteiger partial charge in [-0.05, 0) is 95.3 Å². The normalized spacial score (nSPS) is 14.9. The van der Waals surface area contributed by atoms with Crippen LogP contribution in [0.5, 0.6) is 10.9 Å². The minimum atomic E-state index is -0.453. The maximum Gasteiger partial charge on any atom is 0.274 e. The maximum absolute atomic E-state index is 15.5. The summed E-state index contributed by atoms with van der Waals surface area (Å²) in [5.74, 6) is 0.553. The van der Waals surface area contributed by atoms with Gasteiger partial charge in [-0.15, -0.1) is 11.3 Å². The standard InChI is InChI=1S/C47H60FN5O5S2/c1-32(2)44-49-39(31-59-44)45(55)53-21-12-11-20-51(23-25-56-26-24-53)29-35-15-17-38(48)36(27-35)19-22-52(28-34-13-9-8-10-14-34)30-40(54)37-16-18-41(58-47(5,6)7)42-43(37)60-46(50-42)57-33(3)4/h8-10,13-18,27,31-33H,11-12,19-26,28-30H2,1-7H3. The van der Waals surface area contributed by atoms with Gasteiger partial charge in [-0.25, -0.2) is 9.37 Å². The number of halogens is 1. The van der Waals surface area contributed by atoms with Crippen molar-refractivity contribution in [2.24, 2.45) is 0 Å². The van der Waals surface area contributed by atoms with E-state index >= 15 is 4.39 Å². The van der Waals surface area contributed by atoms with Gasteiger partial charge in [0.05, 0.1) is 35.6 Å². The fourth-order valence-corrected chi connectivity index (χ4v) is 9.05.